The van der Waals surface area contributed by atoms with Gasteiger partial charge >= 0.3 is 0 Å². The summed E-state index contributed by atoms with van der Waals surface area (Å²) >= 11 is 0. The van der Waals surface area contributed by atoms with Crippen LogP contribution in [0.4, 0.5) is 0 Å². The third kappa shape index (κ3) is 3.77. The summed E-state index contributed by atoms with van der Waals surface area (Å²) in [6.07, 6.45) is 1.34. The van der Waals surface area contributed by atoms with Gasteiger partial charge < -0.3 is 29.7 Å². The largest absolute Gasteiger partial charge is 0.486 e. The number of nitrogens with two attached hydrogens (primary N) is 1. The van der Waals surface area contributed by atoms with Gasteiger partial charge in [0, 0.05) is 5.39 Å². The third-order valence-corrected chi connectivity index (χ3v) is 4.11. The number of oxazole rings is 1. The van der Waals surface area contributed by atoms with Crippen molar-refractivity contribution in [3.05, 3.63) is 47.4 Å². The maximum absolute atomic E-state index is 12.6. The molecule has 0 fully saturated rings. The Morgan fingerprint density at radius 1 is 1.37 bits per heavy atom. The monoisotopic (exact) mass is 373 g/mol. The number of fused-ring (bicyclic) bond motifs is 1. The van der Waals surface area contributed by atoms with Crippen LogP contribution in [0.1, 0.15) is 27.6 Å². The molecule has 0 spiro atoms. The fraction of sp³-hybridized carbons (Fsp3) is 0.278. The van der Waals surface area contributed by atoms with Gasteiger partial charge in [-0.05, 0) is 32.0 Å². The second-order valence-corrected chi connectivity index (χ2v) is 5.95. The minimum absolute atomic E-state index is 0.184. The van der Waals surface area contributed by atoms with E-state index >= 15 is 0 Å². The van der Waals surface area contributed by atoms with Gasteiger partial charge in [-0.25, -0.2) is 4.98 Å². The van der Waals surface area contributed by atoms with Gasteiger partial charge in [-0.3, -0.25) is 9.59 Å². The number of aliphatic hydroxyl groups excluding tert-OH is 1. The molecule has 3 aromatic rings. The highest BCUT2D eigenvalue weighted by molar-refractivity contribution is 6.08. The average Bonchev–Trinajstić information content (AvgIpc) is 3.18. The van der Waals surface area contributed by atoms with Crippen LogP contribution in [0.3, 0.4) is 0 Å². The summed E-state index contributed by atoms with van der Waals surface area (Å²) in [5.74, 6) is 0.0624. The first-order valence-electron chi connectivity index (χ1n) is 8.16. The molecule has 2 aromatic heterocycles. The van der Waals surface area contributed by atoms with Crippen LogP contribution < -0.4 is 15.8 Å². The first kappa shape index (κ1) is 18.5. The van der Waals surface area contributed by atoms with Crippen molar-refractivity contribution in [2.45, 2.75) is 26.5 Å². The predicted octanol–water partition coefficient (Wildman–Crippen LogP) is 1.19. The molecular formula is C18H19N3O6. The zero-order valence-electron chi connectivity index (χ0n) is 14.8. The van der Waals surface area contributed by atoms with Crippen LogP contribution in [0.25, 0.3) is 11.0 Å². The van der Waals surface area contributed by atoms with Crippen LogP contribution in [0.15, 0.2) is 33.4 Å². The lowest BCUT2D eigenvalue weighted by atomic mass is 10.1. The van der Waals surface area contributed by atoms with Gasteiger partial charge in [-0.2, -0.15) is 0 Å². The van der Waals surface area contributed by atoms with Crippen LogP contribution in [-0.4, -0.2) is 34.6 Å². The molecule has 0 saturated carbocycles. The second kappa shape index (κ2) is 7.50. The molecule has 0 unspecified atom stereocenters. The van der Waals surface area contributed by atoms with Crippen LogP contribution in [0, 0.1) is 13.8 Å². The van der Waals surface area contributed by atoms with Crippen LogP contribution >= 0.6 is 0 Å². The molecule has 1 aromatic carbocycles. The number of aryl methyl sites for hydroxylation is 2. The van der Waals surface area contributed by atoms with Gasteiger partial charge in [0.2, 0.25) is 5.91 Å². The highest BCUT2D eigenvalue weighted by Gasteiger charge is 2.23. The summed E-state index contributed by atoms with van der Waals surface area (Å²) in [5, 5.41) is 12.1. The standard InChI is InChI=1S/C18H19N3O6/c1-9-15(26-8-20-9)7-25-11-3-4-14-12(5-11)16(10(2)27-14)18(24)21-13(6-22)17(19)23/h3-5,8,13,22H,6-7H2,1-2H3,(H2,19,23)(H,21,24)/t13-/m0/s1. The van der Waals surface area contributed by atoms with Crippen molar-refractivity contribution in [2.75, 3.05) is 6.61 Å². The van der Waals surface area contributed by atoms with Gasteiger partial charge in [0.25, 0.3) is 5.91 Å². The van der Waals surface area contributed by atoms with Gasteiger partial charge in [0.05, 0.1) is 17.9 Å². The summed E-state index contributed by atoms with van der Waals surface area (Å²) in [7, 11) is 0. The van der Waals surface area contributed by atoms with Gasteiger partial charge in [0.15, 0.2) is 12.2 Å². The highest BCUT2D eigenvalue weighted by atomic mass is 16.5. The molecule has 9 heteroatoms. The van der Waals surface area contributed by atoms with Crippen molar-refractivity contribution in [1.82, 2.24) is 10.3 Å². The van der Waals surface area contributed by atoms with E-state index in [0.29, 0.717) is 28.2 Å². The van der Waals surface area contributed by atoms with E-state index in [1.807, 2.05) is 6.92 Å². The third-order valence-electron chi connectivity index (χ3n) is 4.11. The highest BCUT2D eigenvalue weighted by Crippen LogP contribution is 2.29. The number of furan rings is 1. The number of primary amides is 1. The molecule has 0 aliphatic heterocycles. The number of amides is 2. The minimum atomic E-state index is -1.18. The molecule has 0 aliphatic carbocycles. The lowest BCUT2D eigenvalue weighted by Crippen LogP contribution is -2.46. The fourth-order valence-corrected chi connectivity index (χ4v) is 2.62. The van der Waals surface area contributed by atoms with Crippen LogP contribution in [0.5, 0.6) is 5.75 Å². The molecule has 0 aliphatic rings. The molecule has 0 radical (unpaired) electrons. The molecular weight excluding hydrogens is 354 g/mol. The number of carbonyl (C=O) groups excluding carboxylic acids is 2. The predicted molar refractivity (Wildman–Crippen MR) is 94.1 cm³/mol. The summed E-state index contributed by atoms with van der Waals surface area (Å²) < 4.78 is 16.5. The maximum Gasteiger partial charge on any atom is 0.256 e. The van der Waals surface area contributed by atoms with E-state index < -0.39 is 24.5 Å². The number of hydrogen-bond donors (Lipinski definition) is 3. The molecule has 2 amide bonds. The number of hydrogen-bond acceptors (Lipinski definition) is 7. The molecule has 4 N–H and O–H groups in total. The molecule has 0 bridgehead atoms. The van der Waals surface area contributed by atoms with Gasteiger partial charge in [-0.15, -0.1) is 0 Å². The number of ether oxygens (including phenoxy) is 1. The van der Waals surface area contributed by atoms with Crippen molar-refractivity contribution in [1.29, 1.82) is 0 Å². The SMILES string of the molecule is Cc1ncoc1COc1ccc2oc(C)c(C(=O)N[C@@H](CO)C(N)=O)c2c1. The van der Waals surface area contributed by atoms with Crippen LogP contribution in [0.2, 0.25) is 0 Å². The summed E-state index contributed by atoms with van der Waals surface area (Å²) in [6, 6.07) is 3.86. The van der Waals surface area contributed by atoms with E-state index in [9.17, 15) is 14.7 Å². The average molecular weight is 373 g/mol. The molecule has 1 atom stereocenters. The summed E-state index contributed by atoms with van der Waals surface area (Å²) in [6.45, 7) is 3.03. The minimum Gasteiger partial charge on any atom is -0.486 e. The quantitative estimate of drug-likeness (QED) is 0.565. The Bertz CT molecular complexity index is 990. The number of benzene rings is 1. The second-order valence-electron chi connectivity index (χ2n) is 5.95. The number of carbonyl (C=O) groups is 2. The Kier molecular flexibility index (Phi) is 5.13. The molecule has 2 heterocycles. The van der Waals surface area contributed by atoms with Gasteiger partial charge in [0.1, 0.15) is 29.7 Å². The lowest BCUT2D eigenvalue weighted by Gasteiger charge is -2.12. The number of aliphatic hydroxyl groups is 1. The maximum atomic E-state index is 12.6. The topological polar surface area (TPSA) is 141 Å². The normalized spacial score (nSPS) is 12.1. The van der Waals surface area contributed by atoms with E-state index in [0.717, 1.165) is 5.69 Å². The number of aromatic nitrogens is 1. The Morgan fingerprint density at radius 2 is 2.15 bits per heavy atom. The smallest absolute Gasteiger partial charge is 0.256 e. The molecule has 9 nitrogen and oxygen atoms in total. The lowest BCUT2D eigenvalue weighted by molar-refractivity contribution is -0.120. The fourth-order valence-electron chi connectivity index (χ4n) is 2.62. The van der Waals surface area contributed by atoms with E-state index in [4.69, 9.17) is 19.3 Å². The Hall–Kier alpha value is -3.33. The Balaban J connectivity index is 1.87. The first-order chi connectivity index (χ1) is 12.9. The number of nitrogens with zero attached hydrogens (tertiary/aromatic N) is 1. The molecule has 27 heavy (non-hydrogen) atoms. The van der Waals surface area contributed by atoms with Crippen LogP contribution in [-0.2, 0) is 11.4 Å². The Morgan fingerprint density at radius 3 is 2.78 bits per heavy atom. The molecule has 0 saturated heterocycles. The van der Waals surface area contributed by atoms with E-state index in [2.05, 4.69) is 10.3 Å². The van der Waals surface area contributed by atoms with Crippen molar-refractivity contribution in [3.8, 4) is 5.75 Å². The number of rotatable bonds is 7. The summed E-state index contributed by atoms with van der Waals surface area (Å²) in [4.78, 5) is 27.8. The van der Waals surface area contributed by atoms with Crippen molar-refractivity contribution in [3.63, 3.8) is 0 Å². The van der Waals surface area contributed by atoms with Crippen molar-refractivity contribution in [2.24, 2.45) is 5.73 Å². The number of nitrogens with one attached hydrogen (secondary N) is 1. The van der Waals surface area contributed by atoms with E-state index in [1.165, 1.54) is 6.39 Å². The Labute approximate surface area is 154 Å². The van der Waals surface area contributed by atoms with E-state index in [1.54, 1.807) is 25.1 Å². The summed E-state index contributed by atoms with van der Waals surface area (Å²) in [5.41, 5.74) is 6.61. The molecule has 3 rings (SSSR count). The van der Waals surface area contributed by atoms with E-state index in [-0.39, 0.29) is 12.2 Å². The zero-order valence-corrected chi connectivity index (χ0v) is 14.8. The van der Waals surface area contributed by atoms with Gasteiger partial charge in [-0.1, -0.05) is 0 Å². The van der Waals surface area contributed by atoms with Crippen molar-refractivity contribution >= 4 is 22.8 Å². The zero-order chi connectivity index (χ0) is 19.6. The molecule has 142 valence electrons. The first-order valence-corrected chi connectivity index (χ1v) is 8.16. The van der Waals surface area contributed by atoms with Crippen molar-refractivity contribution < 1.29 is 28.3 Å².